The van der Waals surface area contributed by atoms with Gasteiger partial charge in [-0.05, 0) is 34.2 Å². The summed E-state index contributed by atoms with van der Waals surface area (Å²) >= 11 is 2.13. The summed E-state index contributed by atoms with van der Waals surface area (Å²) in [7, 11) is 0. The molecule has 0 atom stereocenters. The normalized spacial score (nSPS) is 13.8. The molecule has 0 saturated heterocycles. The maximum atomic E-state index is 10.4. The first-order chi connectivity index (χ1) is 6.18. The van der Waals surface area contributed by atoms with E-state index in [9.17, 15) is 10.1 Å². The Morgan fingerprint density at radius 3 is 3.00 bits per heavy atom. The van der Waals surface area contributed by atoms with Crippen molar-refractivity contribution in [2.24, 2.45) is 4.99 Å². The zero-order valence-electron chi connectivity index (χ0n) is 6.53. The van der Waals surface area contributed by atoms with E-state index in [4.69, 9.17) is 0 Å². The van der Waals surface area contributed by atoms with Crippen LogP contribution in [0.25, 0.3) is 0 Å². The van der Waals surface area contributed by atoms with Crippen molar-refractivity contribution in [3.8, 4) is 0 Å². The molecular weight excluding hydrogens is 283 g/mol. The van der Waals surface area contributed by atoms with Gasteiger partial charge in [0.05, 0.1) is 11.5 Å². The van der Waals surface area contributed by atoms with Crippen molar-refractivity contribution in [1.82, 2.24) is 0 Å². The summed E-state index contributed by atoms with van der Waals surface area (Å²) in [5, 5.41) is 10.4. The Morgan fingerprint density at radius 1 is 1.54 bits per heavy atom. The molecule has 0 fully saturated rings. The Bertz CT molecular complexity index is 415. The second-order valence-electron chi connectivity index (χ2n) is 2.71. The van der Waals surface area contributed by atoms with Crippen LogP contribution in [0.4, 0.5) is 5.69 Å². The number of nitro groups is 1. The van der Waals surface area contributed by atoms with Crippen molar-refractivity contribution >= 4 is 32.0 Å². The lowest BCUT2D eigenvalue weighted by Gasteiger charge is -1.97. The number of halogens is 1. The van der Waals surface area contributed by atoms with E-state index in [1.807, 2.05) is 0 Å². The number of nitro benzene ring substituents is 1. The summed E-state index contributed by atoms with van der Waals surface area (Å²) < 4.78 is 0.933. The summed E-state index contributed by atoms with van der Waals surface area (Å²) in [6.07, 6.45) is 0. The number of rotatable bonds is 1. The third kappa shape index (κ3) is 1.43. The molecule has 1 heterocycles. The van der Waals surface area contributed by atoms with Crippen LogP contribution in [-0.2, 0) is 6.54 Å². The van der Waals surface area contributed by atoms with Crippen LogP contribution < -0.4 is 0 Å². The van der Waals surface area contributed by atoms with Crippen LogP contribution in [0.2, 0.25) is 0 Å². The van der Waals surface area contributed by atoms with Gasteiger partial charge >= 0.3 is 0 Å². The third-order valence-electron chi connectivity index (χ3n) is 1.91. The van der Waals surface area contributed by atoms with Crippen LogP contribution in [-0.4, -0.2) is 8.64 Å². The van der Waals surface area contributed by atoms with Crippen LogP contribution in [0.15, 0.2) is 23.2 Å². The van der Waals surface area contributed by atoms with Crippen LogP contribution in [0.5, 0.6) is 0 Å². The van der Waals surface area contributed by atoms with Crippen LogP contribution in [0.1, 0.15) is 11.1 Å². The standard InChI is InChI=1S/C8H5IN2O2/c9-8-7-2-1-6(11(12)13)3-5(7)4-10-8/h1-3H,4H2. The molecule has 1 aliphatic heterocycles. The van der Waals surface area contributed by atoms with Gasteiger partial charge in [-0.25, -0.2) is 0 Å². The first-order valence-corrected chi connectivity index (χ1v) is 4.74. The number of benzene rings is 1. The van der Waals surface area contributed by atoms with Gasteiger partial charge in [0.1, 0.15) is 3.72 Å². The number of hydrogen-bond acceptors (Lipinski definition) is 3. The van der Waals surface area contributed by atoms with E-state index in [0.717, 1.165) is 14.8 Å². The van der Waals surface area contributed by atoms with Gasteiger partial charge in [-0.2, -0.15) is 0 Å². The Kier molecular flexibility index (Phi) is 2.03. The van der Waals surface area contributed by atoms with Gasteiger partial charge in [0, 0.05) is 17.7 Å². The number of non-ortho nitro benzene ring substituents is 1. The summed E-state index contributed by atoms with van der Waals surface area (Å²) in [4.78, 5) is 14.3. The van der Waals surface area contributed by atoms with Crippen LogP contribution in [0, 0.1) is 10.1 Å². The molecule has 0 saturated carbocycles. The molecule has 0 aliphatic carbocycles. The Balaban J connectivity index is 2.49. The van der Waals surface area contributed by atoms with Crippen molar-refractivity contribution in [2.45, 2.75) is 6.54 Å². The zero-order valence-corrected chi connectivity index (χ0v) is 8.69. The molecule has 1 aromatic carbocycles. The highest BCUT2D eigenvalue weighted by atomic mass is 127. The molecule has 0 spiro atoms. The van der Waals surface area contributed by atoms with Crippen molar-refractivity contribution in [1.29, 1.82) is 0 Å². The first kappa shape index (κ1) is 8.61. The fraction of sp³-hybridized carbons (Fsp3) is 0.125. The molecule has 5 heteroatoms. The van der Waals surface area contributed by atoms with Gasteiger partial charge in [-0.1, -0.05) is 0 Å². The second-order valence-corrected chi connectivity index (χ2v) is 3.73. The predicted molar refractivity (Wildman–Crippen MR) is 57.4 cm³/mol. The van der Waals surface area contributed by atoms with Crippen molar-refractivity contribution < 1.29 is 4.92 Å². The van der Waals surface area contributed by atoms with Crippen molar-refractivity contribution in [3.05, 3.63) is 39.4 Å². The molecule has 0 N–H and O–H groups in total. The molecule has 13 heavy (non-hydrogen) atoms. The molecule has 4 nitrogen and oxygen atoms in total. The number of hydrogen-bond donors (Lipinski definition) is 0. The molecule has 0 unspecified atom stereocenters. The number of fused-ring (bicyclic) bond motifs is 1. The molecule has 0 aromatic heterocycles. The smallest absolute Gasteiger partial charge is 0.269 e. The average molecular weight is 288 g/mol. The maximum absolute atomic E-state index is 10.4. The minimum absolute atomic E-state index is 0.139. The van der Waals surface area contributed by atoms with E-state index in [-0.39, 0.29) is 10.6 Å². The van der Waals surface area contributed by atoms with E-state index in [2.05, 4.69) is 27.6 Å². The largest absolute Gasteiger partial charge is 0.273 e. The molecule has 2 rings (SSSR count). The Morgan fingerprint density at radius 2 is 2.31 bits per heavy atom. The van der Waals surface area contributed by atoms with Gasteiger partial charge in [-0.3, -0.25) is 15.1 Å². The predicted octanol–water partition coefficient (Wildman–Crippen LogP) is 2.29. The summed E-state index contributed by atoms with van der Waals surface area (Å²) in [6, 6.07) is 4.86. The fourth-order valence-electron chi connectivity index (χ4n) is 1.27. The molecule has 1 aromatic rings. The molecule has 1 aliphatic rings. The Hall–Kier alpha value is -0.980. The SMILES string of the molecule is O=[N+]([O-])c1ccc2c(c1)CN=C2I. The lowest BCUT2D eigenvalue weighted by atomic mass is 10.1. The van der Waals surface area contributed by atoms with Crippen molar-refractivity contribution in [3.63, 3.8) is 0 Å². The van der Waals surface area contributed by atoms with E-state index in [1.54, 1.807) is 12.1 Å². The minimum Gasteiger partial charge on any atom is -0.273 e. The molecule has 0 radical (unpaired) electrons. The number of aliphatic imine (C=N–C) groups is 1. The summed E-state index contributed by atoms with van der Waals surface area (Å²) in [5.74, 6) is 0. The summed E-state index contributed by atoms with van der Waals surface area (Å²) in [5.41, 5.74) is 2.10. The zero-order chi connectivity index (χ0) is 9.42. The molecular formula is C8H5IN2O2. The lowest BCUT2D eigenvalue weighted by Crippen LogP contribution is -1.92. The average Bonchev–Trinajstić information content (AvgIpc) is 2.47. The molecule has 0 bridgehead atoms. The molecule has 66 valence electrons. The van der Waals surface area contributed by atoms with E-state index in [0.29, 0.717) is 6.54 Å². The maximum Gasteiger partial charge on any atom is 0.269 e. The van der Waals surface area contributed by atoms with Gasteiger partial charge in [0.25, 0.3) is 5.69 Å². The lowest BCUT2D eigenvalue weighted by molar-refractivity contribution is -0.384. The monoisotopic (exact) mass is 288 g/mol. The Labute approximate surface area is 88.0 Å². The van der Waals surface area contributed by atoms with Gasteiger partial charge < -0.3 is 0 Å². The number of nitrogens with zero attached hydrogens (tertiary/aromatic N) is 2. The highest BCUT2D eigenvalue weighted by Crippen LogP contribution is 2.25. The van der Waals surface area contributed by atoms with Crippen molar-refractivity contribution in [2.75, 3.05) is 0 Å². The highest BCUT2D eigenvalue weighted by molar-refractivity contribution is 14.1. The van der Waals surface area contributed by atoms with Crippen LogP contribution >= 0.6 is 22.6 Å². The van der Waals surface area contributed by atoms with Crippen LogP contribution in [0.3, 0.4) is 0 Å². The quantitative estimate of drug-likeness (QED) is 0.452. The van der Waals surface area contributed by atoms with E-state index >= 15 is 0 Å². The second kappa shape index (κ2) is 3.06. The van der Waals surface area contributed by atoms with E-state index < -0.39 is 0 Å². The van der Waals surface area contributed by atoms with Gasteiger partial charge in [0.2, 0.25) is 0 Å². The molecule has 0 amide bonds. The van der Waals surface area contributed by atoms with Gasteiger partial charge in [-0.15, -0.1) is 0 Å². The fourth-order valence-corrected chi connectivity index (χ4v) is 1.96. The topological polar surface area (TPSA) is 55.5 Å². The minimum atomic E-state index is -0.383. The highest BCUT2D eigenvalue weighted by Gasteiger charge is 2.16. The van der Waals surface area contributed by atoms with Gasteiger partial charge in [0.15, 0.2) is 0 Å². The third-order valence-corrected chi connectivity index (χ3v) is 2.83. The van der Waals surface area contributed by atoms with E-state index in [1.165, 1.54) is 6.07 Å². The summed E-state index contributed by atoms with van der Waals surface area (Å²) in [6.45, 7) is 0.565. The first-order valence-electron chi connectivity index (χ1n) is 3.66.